The van der Waals surface area contributed by atoms with Crippen LogP contribution in [0.1, 0.15) is 32.6 Å². The SMILES string of the molecule is COc1ccc(-c2csc(N(Cc3ccccc3)Cc3ccc(C(=O)NCc4cccc(CN)c4)cc3)n2)cc1. The van der Waals surface area contributed by atoms with Crippen LogP contribution in [-0.2, 0) is 26.2 Å². The van der Waals surface area contributed by atoms with Crippen LogP contribution in [0.5, 0.6) is 5.75 Å². The van der Waals surface area contributed by atoms with Crippen LogP contribution in [0.25, 0.3) is 11.3 Å². The first kappa shape index (κ1) is 27.1. The lowest BCUT2D eigenvalue weighted by atomic mass is 10.1. The number of hydrogen-bond acceptors (Lipinski definition) is 6. The largest absolute Gasteiger partial charge is 0.497 e. The van der Waals surface area contributed by atoms with E-state index in [9.17, 15) is 4.79 Å². The van der Waals surface area contributed by atoms with Crippen molar-refractivity contribution in [2.75, 3.05) is 12.0 Å². The van der Waals surface area contributed by atoms with Gasteiger partial charge in [0.2, 0.25) is 0 Å². The van der Waals surface area contributed by atoms with Crippen LogP contribution in [0.15, 0.2) is 109 Å². The van der Waals surface area contributed by atoms with Crippen LogP contribution in [-0.4, -0.2) is 18.0 Å². The fraction of sp³-hybridized carbons (Fsp3) is 0.152. The summed E-state index contributed by atoms with van der Waals surface area (Å²) in [6.07, 6.45) is 0. The molecule has 202 valence electrons. The maximum Gasteiger partial charge on any atom is 0.251 e. The van der Waals surface area contributed by atoms with E-state index >= 15 is 0 Å². The van der Waals surface area contributed by atoms with Crippen molar-refractivity contribution < 1.29 is 9.53 Å². The lowest BCUT2D eigenvalue weighted by molar-refractivity contribution is 0.0951. The third kappa shape index (κ3) is 6.94. The van der Waals surface area contributed by atoms with Gasteiger partial charge >= 0.3 is 0 Å². The molecule has 1 heterocycles. The van der Waals surface area contributed by atoms with Gasteiger partial charge in [0.05, 0.1) is 12.8 Å². The Kier molecular flexibility index (Phi) is 8.86. The molecule has 0 radical (unpaired) electrons. The molecule has 1 aromatic heterocycles. The first-order valence-corrected chi connectivity index (χ1v) is 14.0. The number of nitrogens with two attached hydrogens (primary N) is 1. The first-order valence-electron chi connectivity index (χ1n) is 13.1. The molecule has 5 rings (SSSR count). The van der Waals surface area contributed by atoms with Crippen molar-refractivity contribution in [2.45, 2.75) is 26.2 Å². The molecule has 0 bridgehead atoms. The van der Waals surface area contributed by atoms with E-state index < -0.39 is 0 Å². The highest BCUT2D eigenvalue weighted by Crippen LogP contribution is 2.30. The Bertz CT molecular complexity index is 1530. The van der Waals surface area contributed by atoms with Gasteiger partial charge in [0.1, 0.15) is 5.75 Å². The maximum absolute atomic E-state index is 12.8. The average molecular weight is 549 g/mol. The quantitative estimate of drug-likeness (QED) is 0.199. The summed E-state index contributed by atoms with van der Waals surface area (Å²) < 4.78 is 5.29. The van der Waals surface area contributed by atoms with Gasteiger partial charge in [-0.05, 0) is 58.7 Å². The number of methoxy groups -OCH3 is 1. The predicted octanol–water partition coefficient (Wildman–Crippen LogP) is 6.41. The average Bonchev–Trinajstić information content (AvgIpc) is 3.51. The van der Waals surface area contributed by atoms with Gasteiger partial charge in [0.15, 0.2) is 5.13 Å². The second-order valence-electron chi connectivity index (χ2n) is 9.49. The van der Waals surface area contributed by atoms with Crippen molar-refractivity contribution >= 4 is 22.4 Å². The smallest absolute Gasteiger partial charge is 0.251 e. The number of carbonyl (C=O) groups excluding carboxylic acids is 1. The molecule has 0 aliphatic rings. The van der Waals surface area contributed by atoms with Crippen LogP contribution in [0.3, 0.4) is 0 Å². The molecule has 1 amide bonds. The topological polar surface area (TPSA) is 80.5 Å². The van der Waals surface area contributed by atoms with Gasteiger partial charge in [0.25, 0.3) is 5.91 Å². The van der Waals surface area contributed by atoms with E-state index in [1.54, 1.807) is 18.4 Å². The minimum Gasteiger partial charge on any atom is -0.497 e. The van der Waals surface area contributed by atoms with Crippen LogP contribution < -0.4 is 20.7 Å². The number of nitrogens with one attached hydrogen (secondary N) is 1. The van der Waals surface area contributed by atoms with E-state index in [-0.39, 0.29) is 5.91 Å². The molecule has 0 saturated heterocycles. The number of thiazole rings is 1. The Morgan fingerprint density at radius 1 is 0.850 bits per heavy atom. The molecule has 0 unspecified atom stereocenters. The predicted molar refractivity (Wildman–Crippen MR) is 162 cm³/mol. The fourth-order valence-corrected chi connectivity index (χ4v) is 5.27. The normalized spacial score (nSPS) is 10.8. The molecule has 6 nitrogen and oxygen atoms in total. The number of amides is 1. The van der Waals surface area contributed by atoms with Crippen molar-refractivity contribution in [2.24, 2.45) is 5.73 Å². The molecule has 4 aromatic carbocycles. The number of nitrogens with zero attached hydrogens (tertiary/aromatic N) is 2. The zero-order chi connectivity index (χ0) is 27.7. The summed E-state index contributed by atoms with van der Waals surface area (Å²) >= 11 is 1.63. The first-order chi connectivity index (χ1) is 19.6. The molecular weight excluding hydrogens is 516 g/mol. The molecule has 0 atom stereocenters. The minimum atomic E-state index is -0.102. The molecule has 3 N–H and O–H groups in total. The van der Waals surface area contributed by atoms with Crippen molar-refractivity contribution in [3.8, 4) is 17.0 Å². The van der Waals surface area contributed by atoms with Crippen molar-refractivity contribution in [3.05, 3.63) is 136 Å². The van der Waals surface area contributed by atoms with Gasteiger partial charge in [-0.15, -0.1) is 11.3 Å². The van der Waals surface area contributed by atoms with E-state index in [0.29, 0.717) is 25.2 Å². The lowest BCUT2D eigenvalue weighted by Crippen LogP contribution is -2.23. The lowest BCUT2D eigenvalue weighted by Gasteiger charge is -2.22. The third-order valence-electron chi connectivity index (χ3n) is 6.63. The number of anilines is 1. The van der Waals surface area contributed by atoms with Crippen LogP contribution in [0, 0.1) is 0 Å². The van der Waals surface area contributed by atoms with E-state index in [1.165, 1.54) is 5.56 Å². The number of ether oxygens (including phenoxy) is 1. The number of rotatable bonds is 11. The van der Waals surface area contributed by atoms with E-state index in [2.05, 4.69) is 39.9 Å². The molecule has 0 aliphatic carbocycles. The Morgan fingerprint density at radius 3 is 2.23 bits per heavy atom. The Labute approximate surface area is 239 Å². The Balaban J connectivity index is 1.29. The van der Waals surface area contributed by atoms with Gasteiger partial charge < -0.3 is 20.7 Å². The highest BCUT2D eigenvalue weighted by Gasteiger charge is 2.15. The standard InChI is InChI=1S/C33H32N4O2S/c1-39-30-16-14-28(15-17-30)31-23-40-33(36-31)37(21-24-6-3-2-4-7-24)22-25-10-12-29(13-11-25)32(38)35-20-27-9-5-8-26(18-27)19-34/h2-18,23H,19-22,34H2,1H3,(H,35,38). The third-order valence-corrected chi connectivity index (χ3v) is 7.54. The van der Waals surface area contributed by atoms with Gasteiger partial charge in [-0.3, -0.25) is 4.79 Å². The van der Waals surface area contributed by atoms with Crippen molar-refractivity contribution in [1.82, 2.24) is 10.3 Å². The summed E-state index contributed by atoms with van der Waals surface area (Å²) in [5, 5.41) is 6.03. The molecule has 0 aliphatic heterocycles. The number of benzene rings is 4. The Hall–Kier alpha value is -4.46. The summed E-state index contributed by atoms with van der Waals surface area (Å²) in [5.74, 6) is 0.720. The summed E-state index contributed by atoms with van der Waals surface area (Å²) in [4.78, 5) is 20.0. The zero-order valence-electron chi connectivity index (χ0n) is 22.4. The van der Waals surface area contributed by atoms with Crippen molar-refractivity contribution in [1.29, 1.82) is 0 Å². The molecule has 7 heteroatoms. The van der Waals surface area contributed by atoms with E-state index in [4.69, 9.17) is 15.5 Å². The summed E-state index contributed by atoms with van der Waals surface area (Å²) in [5.41, 5.74) is 12.7. The summed E-state index contributed by atoms with van der Waals surface area (Å²) in [6.45, 7) is 2.33. The minimum absolute atomic E-state index is 0.102. The number of aromatic nitrogens is 1. The number of carbonyl (C=O) groups is 1. The Morgan fingerprint density at radius 2 is 1.52 bits per heavy atom. The summed E-state index contributed by atoms with van der Waals surface area (Å²) in [7, 11) is 1.67. The molecule has 0 saturated carbocycles. The van der Waals surface area contributed by atoms with E-state index in [0.717, 1.165) is 45.4 Å². The van der Waals surface area contributed by atoms with Crippen LogP contribution in [0.2, 0.25) is 0 Å². The molecule has 0 spiro atoms. The van der Waals surface area contributed by atoms with Gasteiger partial charge in [-0.2, -0.15) is 0 Å². The van der Waals surface area contributed by atoms with Gasteiger partial charge in [-0.25, -0.2) is 4.98 Å². The molecule has 0 fully saturated rings. The molecule has 5 aromatic rings. The van der Waals surface area contributed by atoms with Gasteiger partial charge in [0, 0.05) is 42.7 Å². The molecular formula is C33H32N4O2S. The second kappa shape index (κ2) is 13.1. The monoisotopic (exact) mass is 548 g/mol. The highest BCUT2D eigenvalue weighted by atomic mass is 32.1. The highest BCUT2D eigenvalue weighted by molar-refractivity contribution is 7.14. The van der Waals surface area contributed by atoms with Gasteiger partial charge in [-0.1, -0.05) is 66.7 Å². The van der Waals surface area contributed by atoms with Crippen LogP contribution in [0.4, 0.5) is 5.13 Å². The molecule has 40 heavy (non-hydrogen) atoms. The number of hydrogen-bond donors (Lipinski definition) is 2. The maximum atomic E-state index is 12.8. The van der Waals surface area contributed by atoms with Crippen molar-refractivity contribution in [3.63, 3.8) is 0 Å². The second-order valence-corrected chi connectivity index (χ2v) is 10.3. The summed E-state index contributed by atoms with van der Waals surface area (Å²) in [6, 6.07) is 34.1. The van der Waals surface area contributed by atoms with Crippen LogP contribution >= 0.6 is 11.3 Å². The fourth-order valence-electron chi connectivity index (χ4n) is 4.43. The van der Waals surface area contributed by atoms with E-state index in [1.807, 2.05) is 78.9 Å². The zero-order valence-corrected chi connectivity index (χ0v) is 23.2.